The van der Waals surface area contributed by atoms with E-state index in [1.165, 1.54) is 6.92 Å². The highest BCUT2D eigenvalue weighted by molar-refractivity contribution is 9.10. The summed E-state index contributed by atoms with van der Waals surface area (Å²) in [7, 11) is 0. The summed E-state index contributed by atoms with van der Waals surface area (Å²) in [5.74, 6) is 0.239. The summed E-state index contributed by atoms with van der Waals surface area (Å²) in [4.78, 5) is 25.2. The second kappa shape index (κ2) is 6.85. The van der Waals surface area contributed by atoms with Gasteiger partial charge in [-0.05, 0) is 25.1 Å². The molecular formula is C14H16BrNO4. The number of ketones is 1. The zero-order valence-electron chi connectivity index (χ0n) is 11.2. The minimum atomic E-state index is -0.0947. The molecule has 1 saturated heterocycles. The highest BCUT2D eigenvalue weighted by Crippen LogP contribution is 2.24. The summed E-state index contributed by atoms with van der Waals surface area (Å²) in [5.41, 5.74) is 0.475. The van der Waals surface area contributed by atoms with Crippen molar-refractivity contribution in [3.05, 3.63) is 28.2 Å². The molecule has 0 aliphatic carbocycles. The van der Waals surface area contributed by atoms with Crippen LogP contribution in [0, 0.1) is 0 Å². The van der Waals surface area contributed by atoms with Crippen molar-refractivity contribution in [2.45, 2.75) is 6.92 Å². The van der Waals surface area contributed by atoms with Crippen molar-refractivity contribution in [2.24, 2.45) is 0 Å². The van der Waals surface area contributed by atoms with Gasteiger partial charge in [0, 0.05) is 17.6 Å². The Bertz CT molecular complexity index is 512. The van der Waals surface area contributed by atoms with Crippen LogP contribution in [0.25, 0.3) is 0 Å². The Morgan fingerprint density at radius 2 is 2.05 bits per heavy atom. The fraction of sp³-hybridized carbons (Fsp3) is 0.429. The quantitative estimate of drug-likeness (QED) is 0.784. The molecule has 1 aromatic carbocycles. The van der Waals surface area contributed by atoms with Gasteiger partial charge in [-0.15, -0.1) is 0 Å². The fourth-order valence-corrected chi connectivity index (χ4v) is 2.29. The van der Waals surface area contributed by atoms with E-state index in [-0.39, 0.29) is 18.3 Å². The Morgan fingerprint density at radius 1 is 1.35 bits per heavy atom. The van der Waals surface area contributed by atoms with Crippen LogP contribution in [-0.2, 0) is 9.53 Å². The number of carbonyl (C=O) groups excluding carboxylic acids is 2. The van der Waals surface area contributed by atoms with Gasteiger partial charge in [-0.25, -0.2) is 0 Å². The van der Waals surface area contributed by atoms with E-state index in [9.17, 15) is 9.59 Å². The van der Waals surface area contributed by atoms with Crippen molar-refractivity contribution < 1.29 is 19.1 Å². The summed E-state index contributed by atoms with van der Waals surface area (Å²) in [6.45, 7) is 3.68. The molecule has 108 valence electrons. The van der Waals surface area contributed by atoms with Crippen LogP contribution < -0.4 is 4.74 Å². The molecule has 2 rings (SSSR count). The molecule has 0 aromatic heterocycles. The zero-order valence-corrected chi connectivity index (χ0v) is 12.8. The minimum absolute atomic E-state index is 0.0727. The maximum Gasteiger partial charge on any atom is 0.260 e. The number of halogens is 1. The van der Waals surface area contributed by atoms with Gasteiger partial charge in [0.2, 0.25) is 0 Å². The van der Waals surface area contributed by atoms with Gasteiger partial charge < -0.3 is 14.4 Å². The second-order valence-corrected chi connectivity index (χ2v) is 5.39. The van der Waals surface area contributed by atoms with Crippen LogP contribution >= 0.6 is 15.9 Å². The van der Waals surface area contributed by atoms with Crippen LogP contribution in [0.2, 0.25) is 0 Å². The number of amides is 1. The topological polar surface area (TPSA) is 55.8 Å². The lowest BCUT2D eigenvalue weighted by atomic mass is 10.1. The van der Waals surface area contributed by atoms with Crippen molar-refractivity contribution in [3.8, 4) is 5.75 Å². The molecular weight excluding hydrogens is 326 g/mol. The summed E-state index contributed by atoms with van der Waals surface area (Å²) < 4.78 is 11.5. The van der Waals surface area contributed by atoms with E-state index in [2.05, 4.69) is 15.9 Å². The Balaban J connectivity index is 2.01. The standard InChI is InChI=1S/C14H16BrNO4/c1-10(17)12-3-2-11(15)8-13(12)20-9-14(18)16-4-6-19-7-5-16/h2-3,8H,4-7,9H2,1H3. The zero-order chi connectivity index (χ0) is 14.5. The predicted octanol–water partition coefficient (Wildman–Crippen LogP) is 1.89. The van der Waals surface area contributed by atoms with Crippen LogP contribution in [0.5, 0.6) is 5.75 Å². The number of nitrogens with zero attached hydrogens (tertiary/aromatic N) is 1. The van der Waals surface area contributed by atoms with E-state index >= 15 is 0 Å². The maximum absolute atomic E-state index is 12.0. The van der Waals surface area contributed by atoms with Crippen molar-refractivity contribution >= 4 is 27.6 Å². The van der Waals surface area contributed by atoms with Crippen LogP contribution in [0.3, 0.4) is 0 Å². The number of hydrogen-bond donors (Lipinski definition) is 0. The van der Waals surface area contributed by atoms with Crippen molar-refractivity contribution in [1.29, 1.82) is 0 Å². The molecule has 0 unspecified atom stereocenters. The molecule has 0 saturated carbocycles. The largest absolute Gasteiger partial charge is 0.483 e. The molecule has 1 heterocycles. The van der Waals surface area contributed by atoms with Crippen molar-refractivity contribution in [1.82, 2.24) is 4.90 Å². The van der Waals surface area contributed by atoms with Crippen LogP contribution in [0.4, 0.5) is 0 Å². The number of Topliss-reactive ketones (excluding diaryl/α,β-unsaturated/α-hetero) is 1. The molecule has 1 fully saturated rings. The molecule has 0 atom stereocenters. The first-order chi connectivity index (χ1) is 9.58. The summed E-state index contributed by atoms with van der Waals surface area (Å²) >= 11 is 3.33. The Morgan fingerprint density at radius 3 is 2.70 bits per heavy atom. The molecule has 20 heavy (non-hydrogen) atoms. The number of benzene rings is 1. The number of carbonyl (C=O) groups is 2. The third kappa shape index (κ3) is 3.80. The van der Waals surface area contributed by atoms with E-state index < -0.39 is 0 Å². The van der Waals surface area contributed by atoms with Gasteiger partial charge in [-0.1, -0.05) is 15.9 Å². The smallest absolute Gasteiger partial charge is 0.260 e. The van der Waals surface area contributed by atoms with E-state index in [0.29, 0.717) is 37.6 Å². The number of ether oxygens (including phenoxy) is 2. The molecule has 0 bridgehead atoms. The lowest BCUT2D eigenvalue weighted by Crippen LogP contribution is -2.43. The van der Waals surface area contributed by atoms with E-state index in [1.54, 1.807) is 23.1 Å². The van der Waals surface area contributed by atoms with Crippen molar-refractivity contribution in [2.75, 3.05) is 32.9 Å². The summed E-state index contributed by atoms with van der Waals surface area (Å²) in [6, 6.07) is 5.15. The fourth-order valence-electron chi connectivity index (χ4n) is 1.95. The summed E-state index contributed by atoms with van der Waals surface area (Å²) in [6.07, 6.45) is 0. The second-order valence-electron chi connectivity index (χ2n) is 4.48. The van der Waals surface area contributed by atoms with Gasteiger partial charge >= 0.3 is 0 Å². The average molecular weight is 342 g/mol. The molecule has 0 N–H and O–H groups in total. The third-order valence-corrected chi connectivity index (χ3v) is 3.53. The molecule has 1 aliphatic rings. The van der Waals surface area contributed by atoms with Crippen molar-refractivity contribution in [3.63, 3.8) is 0 Å². The highest BCUT2D eigenvalue weighted by atomic mass is 79.9. The Labute approximate surface area is 126 Å². The number of rotatable bonds is 4. The molecule has 0 spiro atoms. The van der Waals surface area contributed by atoms with E-state index in [1.807, 2.05) is 0 Å². The number of hydrogen-bond acceptors (Lipinski definition) is 4. The lowest BCUT2D eigenvalue weighted by molar-refractivity contribution is -0.137. The Kier molecular flexibility index (Phi) is 5.14. The molecule has 0 radical (unpaired) electrons. The monoisotopic (exact) mass is 341 g/mol. The van der Waals surface area contributed by atoms with Gasteiger partial charge in [0.15, 0.2) is 12.4 Å². The van der Waals surface area contributed by atoms with Gasteiger partial charge in [0.25, 0.3) is 5.91 Å². The highest BCUT2D eigenvalue weighted by Gasteiger charge is 2.18. The normalized spacial score (nSPS) is 15.0. The lowest BCUT2D eigenvalue weighted by Gasteiger charge is -2.26. The molecule has 1 aliphatic heterocycles. The Hall–Kier alpha value is -1.40. The van der Waals surface area contributed by atoms with Gasteiger partial charge in [-0.3, -0.25) is 9.59 Å². The maximum atomic E-state index is 12.0. The molecule has 5 nitrogen and oxygen atoms in total. The molecule has 6 heteroatoms. The van der Waals surface area contributed by atoms with Crippen LogP contribution in [-0.4, -0.2) is 49.5 Å². The SMILES string of the molecule is CC(=O)c1ccc(Br)cc1OCC(=O)N1CCOCC1. The van der Waals surface area contributed by atoms with Gasteiger partial charge in [0.1, 0.15) is 5.75 Å². The van der Waals surface area contributed by atoms with E-state index in [4.69, 9.17) is 9.47 Å². The molecule has 1 aromatic rings. The summed E-state index contributed by atoms with van der Waals surface area (Å²) in [5, 5.41) is 0. The number of morpholine rings is 1. The first-order valence-electron chi connectivity index (χ1n) is 6.37. The average Bonchev–Trinajstić information content (AvgIpc) is 2.45. The van der Waals surface area contributed by atoms with Gasteiger partial charge in [-0.2, -0.15) is 0 Å². The van der Waals surface area contributed by atoms with Gasteiger partial charge in [0.05, 0.1) is 18.8 Å². The van der Waals surface area contributed by atoms with Crippen LogP contribution in [0.15, 0.2) is 22.7 Å². The first kappa shape index (κ1) is 15.0. The third-order valence-electron chi connectivity index (χ3n) is 3.04. The first-order valence-corrected chi connectivity index (χ1v) is 7.16. The van der Waals surface area contributed by atoms with Crippen LogP contribution in [0.1, 0.15) is 17.3 Å². The molecule has 1 amide bonds. The van der Waals surface area contributed by atoms with E-state index in [0.717, 1.165) is 4.47 Å². The minimum Gasteiger partial charge on any atom is -0.483 e. The predicted molar refractivity (Wildman–Crippen MR) is 77.0 cm³/mol.